The van der Waals surface area contributed by atoms with E-state index in [9.17, 15) is 24.3 Å². The van der Waals surface area contributed by atoms with Crippen LogP contribution in [0.1, 0.15) is 39.7 Å². The lowest BCUT2D eigenvalue weighted by atomic mass is 9.96. The third kappa shape index (κ3) is 7.89. The molecule has 4 amide bonds. The number of carboxylic acid groups (broad SMARTS) is 1. The number of carbonyl (C=O) groups is 4. The van der Waals surface area contributed by atoms with Crippen molar-refractivity contribution in [3.8, 4) is 0 Å². The van der Waals surface area contributed by atoms with E-state index in [1.165, 1.54) is 0 Å². The predicted molar refractivity (Wildman–Crippen MR) is 151 cm³/mol. The standard InChI is InChI=1S/C29H28N4O5S/c34-25(32-23(17-27(35)36)22-12-6-10-20-9-4-5-11-21(20)22)15-16-30-28(37)24-13-14-26(39-24)33-29(38)31-18-19-7-2-1-3-8-19/h1-14,23H,15-18H2,(H,30,37)(H,32,34)(H,35,36)(H2,31,33,38). The van der Waals surface area contributed by atoms with Crippen molar-refractivity contribution in [1.29, 1.82) is 0 Å². The van der Waals surface area contributed by atoms with Crippen LogP contribution in [0.4, 0.5) is 9.80 Å². The van der Waals surface area contributed by atoms with Crippen molar-refractivity contribution in [2.24, 2.45) is 0 Å². The molecule has 1 heterocycles. The van der Waals surface area contributed by atoms with E-state index >= 15 is 0 Å². The van der Waals surface area contributed by atoms with Crippen molar-refractivity contribution in [3.05, 3.63) is 101 Å². The number of aliphatic carboxylic acids is 1. The zero-order valence-corrected chi connectivity index (χ0v) is 21.8. The summed E-state index contributed by atoms with van der Waals surface area (Å²) in [6.07, 6.45) is -0.291. The van der Waals surface area contributed by atoms with Crippen LogP contribution in [0.5, 0.6) is 0 Å². The van der Waals surface area contributed by atoms with Crippen molar-refractivity contribution in [2.45, 2.75) is 25.4 Å². The fourth-order valence-electron chi connectivity index (χ4n) is 4.07. The van der Waals surface area contributed by atoms with Crippen molar-refractivity contribution in [1.82, 2.24) is 16.0 Å². The number of hydrogen-bond acceptors (Lipinski definition) is 5. The maximum Gasteiger partial charge on any atom is 0.320 e. The summed E-state index contributed by atoms with van der Waals surface area (Å²) in [6.45, 7) is 0.444. The Labute approximate surface area is 229 Å². The first-order valence-electron chi connectivity index (χ1n) is 12.3. The van der Waals surface area contributed by atoms with Crippen molar-refractivity contribution >= 4 is 50.9 Å². The van der Waals surface area contributed by atoms with Crippen LogP contribution in [0.3, 0.4) is 0 Å². The normalized spacial score (nSPS) is 11.4. The molecule has 1 unspecified atom stereocenters. The van der Waals surface area contributed by atoms with Crippen LogP contribution in [0.25, 0.3) is 10.8 Å². The lowest BCUT2D eigenvalue weighted by molar-refractivity contribution is -0.137. The highest BCUT2D eigenvalue weighted by Crippen LogP contribution is 2.26. The number of benzene rings is 3. The molecule has 0 fully saturated rings. The Bertz CT molecular complexity index is 1470. The molecule has 4 rings (SSSR count). The number of urea groups is 1. The Hall–Kier alpha value is -4.70. The van der Waals surface area contributed by atoms with Gasteiger partial charge < -0.3 is 21.1 Å². The van der Waals surface area contributed by atoms with E-state index in [4.69, 9.17) is 0 Å². The molecule has 0 saturated heterocycles. The zero-order valence-electron chi connectivity index (χ0n) is 21.0. The predicted octanol–water partition coefficient (Wildman–Crippen LogP) is 4.68. The Kier molecular flexibility index (Phi) is 9.25. The topological polar surface area (TPSA) is 137 Å². The average Bonchev–Trinajstić information content (AvgIpc) is 3.40. The van der Waals surface area contributed by atoms with E-state index in [0.29, 0.717) is 16.4 Å². The molecule has 3 aromatic carbocycles. The average molecular weight is 545 g/mol. The quantitative estimate of drug-likeness (QED) is 0.187. The summed E-state index contributed by atoms with van der Waals surface area (Å²) in [6, 6.07) is 24.8. The first-order chi connectivity index (χ1) is 18.9. The Morgan fingerprint density at radius 2 is 1.56 bits per heavy atom. The molecule has 0 bridgehead atoms. The second-order valence-electron chi connectivity index (χ2n) is 8.75. The van der Waals surface area contributed by atoms with Gasteiger partial charge in [0.15, 0.2) is 0 Å². The van der Waals surface area contributed by atoms with Gasteiger partial charge in [0.25, 0.3) is 5.91 Å². The SMILES string of the molecule is O=C(O)CC(NC(=O)CCNC(=O)c1ccc(NC(=O)NCc2ccccc2)s1)c1cccc2ccccc12. The van der Waals surface area contributed by atoms with Crippen LogP contribution < -0.4 is 21.3 Å². The van der Waals surface area contributed by atoms with Gasteiger partial charge in [-0.1, -0.05) is 72.8 Å². The van der Waals surface area contributed by atoms with E-state index in [0.717, 1.165) is 33.2 Å². The summed E-state index contributed by atoms with van der Waals surface area (Å²) in [5, 5.41) is 22.7. The number of thiophene rings is 1. The van der Waals surface area contributed by atoms with Gasteiger partial charge in [0.2, 0.25) is 5.91 Å². The first-order valence-corrected chi connectivity index (χ1v) is 13.2. The molecule has 5 N–H and O–H groups in total. The second kappa shape index (κ2) is 13.2. The molecular weight excluding hydrogens is 516 g/mol. The molecule has 39 heavy (non-hydrogen) atoms. The van der Waals surface area contributed by atoms with Crippen LogP contribution in [0.15, 0.2) is 84.9 Å². The molecule has 1 atom stereocenters. The van der Waals surface area contributed by atoms with Crippen molar-refractivity contribution in [3.63, 3.8) is 0 Å². The minimum Gasteiger partial charge on any atom is -0.481 e. The van der Waals surface area contributed by atoms with Gasteiger partial charge in [-0.25, -0.2) is 4.79 Å². The molecule has 0 spiro atoms. The third-order valence-corrected chi connectivity index (χ3v) is 6.91. The molecule has 4 aromatic rings. The van der Waals surface area contributed by atoms with Crippen LogP contribution in [-0.2, 0) is 16.1 Å². The molecule has 200 valence electrons. The Morgan fingerprint density at radius 1 is 0.821 bits per heavy atom. The van der Waals surface area contributed by atoms with Gasteiger partial charge >= 0.3 is 12.0 Å². The van der Waals surface area contributed by atoms with Gasteiger partial charge in [-0.3, -0.25) is 19.7 Å². The fraction of sp³-hybridized carbons (Fsp3) is 0.172. The van der Waals surface area contributed by atoms with Crippen LogP contribution >= 0.6 is 11.3 Å². The van der Waals surface area contributed by atoms with Gasteiger partial charge in [-0.05, 0) is 34.0 Å². The van der Waals surface area contributed by atoms with Crippen LogP contribution in [0.2, 0.25) is 0 Å². The molecule has 0 aliphatic rings. The molecule has 0 radical (unpaired) electrons. The zero-order chi connectivity index (χ0) is 27.6. The highest BCUT2D eigenvalue weighted by Gasteiger charge is 2.20. The molecule has 0 aliphatic carbocycles. The lowest BCUT2D eigenvalue weighted by Gasteiger charge is -2.19. The van der Waals surface area contributed by atoms with Crippen molar-refractivity contribution in [2.75, 3.05) is 11.9 Å². The number of anilines is 1. The first kappa shape index (κ1) is 27.3. The number of fused-ring (bicyclic) bond motifs is 1. The maximum atomic E-state index is 12.6. The molecular formula is C29H28N4O5S. The fourth-order valence-corrected chi connectivity index (χ4v) is 4.89. The summed E-state index contributed by atoms with van der Waals surface area (Å²) >= 11 is 1.12. The maximum absolute atomic E-state index is 12.6. The minimum absolute atomic E-state index is 0.0228. The summed E-state index contributed by atoms with van der Waals surface area (Å²) < 4.78 is 0. The number of rotatable bonds is 11. The van der Waals surface area contributed by atoms with Gasteiger partial charge in [0, 0.05) is 19.5 Å². The third-order valence-electron chi connectivity index (χ3n) is 5.91. The van der Waals surface area contributed by atoms with E-state index in [1.54, 1.807) is 12.1 Å². The highest BCUT2D eigenvalue weighted by molar-refractivity contribution is 7.18. The smallest absolute Gasteiger partial charge is 0.320 e. The van der Waals surface area contributed by atoms with Crippen LogP contribution in [0, 0.1) is 0 Å². The monoisotopic (exact) mass is 544 g/mol. The summed E-state index contributed by atoms with van der Waals surface area (Å²) in [4.78, 5) is 49.2. The number of carbonyl (C=O) groups excluding carboxylic acids is 3. The van der Waals surface area contributed by atoms with Crippen LogP contribution in [-0.4, -0.2) is 35.5 Å². The largest absolute Gasteiger partial charge is 0.481 e. The summed E-state index contributed by atoms with van der Waals surface area (Å²) in [7, 11) is 0. The molecule has 9 nitrogen and oxygen atoms in total. The van der Waals surface area contributed by atoms with E-state index in [-0.39, 0.29) is 37.2 Å². The van der Waals surface area contributed by atoms with E-state index in [2.05, 4.69) is 21.3 Å². The Balaban J connectivity index is 1.26. The second-order valence-corrected chi connectivity index (χ2v) is 9.83. The highest BCUT2D eigenvalue weighted by atomic mass is 32.1. The Morgan fingerprint density at radius 3 is 2.36 bits per heavy atom. The summed E-state index contributed by atoms with van der Waals surface area (Å²) in [5.41, 5.74) is 1.69. The molecule has 10 heteroatoms. The van der Waals surface area contributed by atoms with Gasteiger partial charge in [0.05, 0.1) is 22.3 Å². The number of hydrogen-bond donors (Lipinski definition) is 5. The number of amides is 4. The molecule has 0 saturated carbocycles. The number of nitrogens with one attached hydrogen (secondary N) is 4. The minimum atomic E-state index is -1.03. The molecule has 1 aromatic heterocycles. The molecule has 0 aliphatic heterocycles. The summed E-state index contributed by atoms with van der Waals surface area (Å²) in [5.74, 6) is -1.78. The van der Waals surface area contributed by atoms with E-state index < -0.39 is 12.0 Å². The number of carboxylic acids is 1. The van der Waals surface area contributed by atoms with Crippen molar-refractivity contribution < 1.29 is 24.3 Å². The van der Waals surface area contributed by atoms with Gasteiger partial charge in [-0.15, -0.1) is 11.3 Å². The van der Waals surface area contributed by atoms with E-state index in [1.807, 2.05) is 72.8 Å². The van der Waals surface area contributed by atoms with Gasteiger partial charge in [-0.2, -0.15) is 0 Å². The van der Waals surface area contributed by atoms with Gasteiger partial charge in [0.1, 0.15) is 0 Å². The lowest BCUT2D eigenvalue weighted by Crippen LogP contribution is -2.33.